The Hall–Kier alpha value is -1.06. The fourth-order valence-electron chi connectivity index (χ4n) is 2.42. The molecule has 1 aliphatic carbocycles. The van der Waals surface area contributed by atoms with Crippen LogP contribution in [0.4, 0.5) is 0 Å². The highest BCUT2D eigenvalue weighted by Gasteiger charge is 2.52. The van der Waals surface area contributed by atoms with Crippen molar-refractivity contribution >= 4 is 17.6 Å². The van der Waals surface area contributed by atoms with Crippen molar-refractivity contribution in [1.82, 2.24) is 0 Å². The number of aliphatic carboxylic acids is 1. The lowest BCUT2D eigenvalue weighted by Gasteiger charge is -2.44. The molecule has 3 nitrogen and oxygen atoms in total. The zero-order valence-electron chi connectivity index (χ0n) is 10.4. The molecule has 1 saturated carbocycles. The van der Waals surface area contributed by atoms with Gasteiger partial charge in [0.2, 0.25) is 0 Å². The molecule has 0 spiro atoms. The van der Waals surface area contributed by atoms with Gasteiger partial charge in [0.15, 0.2) is 0 Å². The van der Waals surface area contributed by atoms with Gasteiger partial charge in [0, 0.05) is 11.6 Å². The summed E-state index contributed by atoms with van der Waals surface area (Å²) in [7, 11) is 0. The van der Waals surface area contributed by atoms with Crippen molar-refractivity contribution in [1.29, 1.82) is 0 Å². The van der Waals surface area contributed by atoms with Gasteiger partial charge >= 0.3 is 5.97 Å². The van der Waals surface area contributed by atoms with E-state index in [4.69, 9.17) is 16.3 Å². The zero-order chi connectivity index (χ0) is 13.2. The summed E-state index contributed by atoms with van der Waals surface area (Å²) in [5, 5.41) is 10.1. The van der Waals surface area contributed by atoms with E-state index >= 15 is 0 Å². The first-order valence-corrected chi connectivity index (χ1v) is 6.57. The summed E-state index contributed by atoms with van der Waals surface area (Å²) in [6.45, 7) is 2.74. The molecule has 0 aromatic heterocycles. The predicted molar refractivity (Wildman–Crippen MR) is 70.0 cm³/mol. The first-order valence-electron chi connectivity index (χ1n) is 6.19. The largest absolute Gasteiger partial charge is 0.481 e. The van der Waals surface area contributed by atoms with E-state index in [-0.39, 0.29) is 6.10 Å². The van der Waals surface area contributed by atoms with Gasteiger partial charge in [0.25, 0.3) is 0 Å². The molecule has 2 rings (SSSR count). The molecule has 0 amide bonds. The second-order valence-corrected chi connectivity index (χ2v) is 5.23. The Morgan fingerprint density at radius 1 is 1.44 bits per heavy atom. The second kappa shape index (κ2) is 5.29. The third-order valence-corrected chi connectivity index (χ3v) is 3.77. The molecule has 98 valence electrons. The Morgan fingerprint density at radius 2 is 2.06 bits per heavy atom. The van der Waals surface area contributed by atoms with Crippen LogP contribution >= 0.6 is 11.6 Å². The Kier molecular flexibility index (Phi) is 3.93. The minimum absolute atomic E-state index is 0.0664. The number of hydrogen-bond acceptors (Lipinski definition) is 2. The second-order valence-electron chi connectivity index (χ2n) is 4.80. The Balaban J connectivity index is 2.11. The third kappa shape index (κ3) is 2.38. The molecule has 0 unspecified atom stereocenters. The number of carbonyl (C=O) groups is 1. The van der Waals surface area contributed by atoms with Crippen molar-refractivity contribution in [3.05, 3.63) is 34.9 Å². The smallest absolute Gasteiger partial charge is 0.314 e. The van der Waals surface area contributed by atoms with E-state index in [2.05, 4.69) is 0 Å². The van der Waals surface area contributed by atoms with Gasteiger partial charge in [-0.05, 0) is 37.0 Å². The summed E-state index contributed by atoms with van der Waals surface area (Å²) in [6.07, 6.45) is 2.11. The van der Waals surface area contributed by atoms with Crippen molar-refractivity contribution in [3.8, 4) is 0 Å². The Morgan fingerprint density at radius 3 is 2.56 bits per heavy atom. The quantitative estimate of drug-likeness (QED) is 0.892. The normalized spacial score (nSPS) is 26.7. The number of carboxylic acids is 1. The molecule has 1 N–H and O–H groups in total. The molecule has 1 aromatic carbocycles. The third-order valence-electron chi connectivity index (χ3n) is 3.52. The van der Waals surface area contributed by atoms with Crippen LogP contribution in [-0.2, 0) is 14.9 Å². The molecule has 0 saturated heterocycles. The first kappa shape index (κ1) is 13.4. The van der Waals surface area contributed by atoms with E-state index in [0.29, 0.717) is 24.5 Å². The van der Waals surface area contributed by atoms with Crippen molar-refractivity contribution in [2.24, 2.45) is 0 Å². The van der Waals surface area contributed by atoms with Crippen LogP contribution in [0.25, 0.3) is 0 Å². The van der Waals surface area contributed by atoms with Crippen LogP contribution in [0.3, 0.4) is 0 Å². The van der Waals surface area contributed by atoms with Gasteiger partial charge in [-0.25, -0.2) is 0 Å². The lowest BCUT2D eigenvalue weighted by Crippen LogP contribution is -2.51. The van der Waals surface area contributed by atoms with Crippen LogP contribution in [0.1, 0.15) is 31.7 Å². The molecule has 1 aromatic rings. The van der Waals surface area contributed by atoms with E-state index in [1.165, 1.54) is 0 Å². The summed E-state index contributed by atoms with van der Waals surface area (Å²) < 4.78 is 5.59. The molecular weight excluding hydrogens is 252 g/mol. The SMILES string of the molecule is CCCOC1CC(C(=O)O)(c2ccc(Cl)cc2)C1. The maximum absolute atomic E-state index is 11.5. The summed E-state index contributed by atoms with van der Waals surface area (Å²) >= 11 is 5.83. The van der Waals surface area contributed by atoms with E-state index in [1.807, 2.05) is 6.92 Å². The number of benzene rings is 1. The number of halogens is 1. The maximum atomic E-state index is 11.5. The van der Waals surface area contributed by atoms with Crippen LogP contribution in [-0.4, -0.2) is 23.8 Å². The average Bonchev–Trinajstić information content (AvgIpc) is 2.29. The monoisotopic (exact) mass is 268 g/mol. The van der Waals surface area contributed by atoms with Crippen molar-refractivity contribution in [2.45, 2.75) is 37.7 Å². The van der Waals surface area contributed by atoms with Crippen molar-refractivity contribution in [3.63, 3.8) is 0 Å². The standard InChI is InChI=1S/C14H17ClO3/c1-2-7-18-12-8-14(9-12,13(16)17)10-3-5-11(15)6-4-10/h3-6,12H,2,7-9H2,1H3,(H,16,17). The van der Waals surface area contributed by atoms with E-state index in [9.17, 15) is 9.90 Å². The molecule has 0 radical (unpaired) electrons. The average molecular weight is 269 g/mol. The minimum atomic E-state index is -0.789. The van der Waals surface area contributed by atoms with Crippen molar-refractivity contribution < 1.29 is 14.6 Å². The molecule has 0 atom stereocenters. The van der Waals surface area contributed by atoms with Crippen LogP contribution < -0.4 is 0 Å². The summed E-state index contributed by atoms with van der Waals surface area (Å²) in [4.78, 5) is 11.5. The lowest BCUT2D eigenvalue weighted by molar-refractivity contribution is -0.155. The number of hydrogen-bond donors (Lipinski definition) is 1. The number of carboxylic acid groups (broad SMARTS) is 1. The summed E-state index contributed by atoms with van der Waals surface area (Å²) in [5.41, 5.74) is 0.0268. The van der Waals surface area contributed by atoms with Gasteiger partial charge in [0.1, 0.15) is 0 Å². The summed E-state index contributed by atoms with van der Waals surface area (Å²) in [6, 6.07) is 7.07. The fourth-order valence-corrected chi connectivity index (χ4v) is 2.55. The maximum Gasteiger partial charge on any atom is 0.314 e. The zero-order valence-corrected chi connectivity index (χ0v) is 11.1. The van der Waals surface area contributed by atoms with Gasteiger partial charge < -0.3 is 9.84 Å². The van der Waals surface area contributed by atoms with Gasteiger partial charge in [-0.15, -0.1) is 0 Å². The molecule has 0 bridgehead atoms. The highest BCUT2D eigenvalue weighted by molar-refractivity contribution is 6.30. The Labute approximate surface area is 112 Å². The molecule has 1 aliphatic rings. The van der Waals surface area contributed by atoms with E-state index in [1.54, 1.807) is 24.3 Å². The van der Waals surface area contributed by atoms with Gasteiger partial charge in [-0.3, -0.25) is 4.79 Å². The minimum Gasteiger partial charge on any atom is -0.481 e. The highest BCUT2D eigenvalue weighted by Crippen LogP contribution is 2.45. The van der Waals surface area contributed by atoms with Crippen molar-refractivity contribution in [2.75, 3.05) is 6.61 Å². The molecule has 1 fully saturated rings. The molecule has 18 heavy (non-hydrogen) atoms. The molecule has 4 heteroatoms. The van der Waals surface area contributed by atoms with Crippen LogP contribution in [0.2, 0.25) is 5.02 Å². The molecule has 0 heterocycles. The topological polar surface area (TPSA) is 46.5 Å². The van der Waals surface area contributed by atoms with E-state index < -0.39 is 11.4 Å². The Bertz CT molecular complexity index is 421. The van der Waals surface area contributed by atoms with Crippen LogP contribution in [0.5, 0.6) is 0 Å². The van der Waals surface area contributed by atoms with Crippen LogP contribution in [0, 0.1) is 0 Å². The van der Waals surface area contributed by atoms with Gasteiger partial charge in [0.05, 0.1) is 11.5 Å². The lowest BCUT2D eigenvalue weighted by atomic mass is 9.62. The van der Waals surface area contributed by atoms with Crippen LogP contribution in [0.15, 0.2) is 24.3 Å². The predicted octanol–water partition coefficient (Wildman–Crippen LogP) is 3.25. The summed E-state index contributed by atoms with van der Waals surface area (Å²) in [5.74, 6) is -0.777. The van der Waals surface area contributed by atoms with E-state index in [0.717, 1.165) is 12.0 Å². The highest BCUT2D eigenvalue weighted by atomic mass is 35.5. The molecular formula is C14H17ClO3. The van der Waals surface area contributed by atoms with Gasteiger partial charge in [-0.2, -0.15) is 0 Å². The first-order chi connectivity index (χ1) is 8.58. The molecule has 0 aliphatic heterocycles. The van der Waals surface area contributed by atoms with Gasteiger partial charge in [-0.1, -0.05) is 30.7 Å². The fraction of sp³-hybridized carbons (Fsp3) is 0.500. The number of rotatable bonds is 5. The number of ether oxygens (including phenoxy) is 1.